The maximum absolute atomic E-state index is 12.7. The summed E-state index contributed by atoms with van der Waals surface area (Å²) in [5, 5.41) is 6.47. The lowest BCUT2D eigenvalue weighted by Crippen LogP contribution is -2.43. The van der Waals surface area contributed by atoms with Gasteiger partial charge in [-0.25, -0.2) is 4.79 Å². The highest BCUT2D eigenvalue weighted by atomic mass is 35.5. The molecule has 0 saturated carbocycles. The maximum Gasteiger partial charge on any atom is 0.321 e. The lowest BCUT2D eigenvalue weighted by molar-refractivity contribution is -0.121. The number of halogens is 1. The zero-order chi connectivity index (χ0) is 20.1. The van der Waals surface area contributed by atoms with Crippen molar-refractivity contribution in [3.05, 3.63) is 53.6 Å². The summed E-state index contributed by atoms with van der Waals surface area (Å²) in [4.78, 5) is 28.8. The van der Waals surface area contributed by atoms with Crippen LogP contribution in [0.4, 0.5) is 21.9 Å². The number of carbonyl (C=O) groups excluding carboxylic acids is 2. The first-order valence-electron chi connectivity index (χ1n) is 9.33. The van der Waals surface area contributed by atoms with E-state index >= 15 is 0 Å². The van der Waals surface area contributed by atoms with Crippen molar-refractivity contribution in [2.75, 3.05) is 42.7 Å². The highest BCUT2D eigenvalue weighted by molar-refractivity contribution is 6.31. The van der Waals surface area contributed by atoms with Crippen LogP contribution < -0.4 is 15.5 Å². The molecule has 0 spiro atoms. The van der Waals surface area contributed by atoms with Gasteiger partial charge in [-0.1, -0.05) is 29.8 Å². The van der Waals surface area contributed by atoms with E-state index in [1.807, 2.05) is 55.4 Å². The predicted octanol–water partition coefficient (Wildman–Crippen LogP) is 4.29. The summed E-state index contributed by atoms with van der Waals surface area (Å²) in [6, 6.07) is 14.7. The van der Waals surface area contributed by atoms with Crippen LogP contribution in [0.3, 0.4) is 0 Å². The molecule has 1 saturated heterocycles. The maximum atomic E-state index is 12.7. The van der Waals surface area contributed by atoms with Gasteiger partial charge in [0.2, 0.25) is 5.91 Å². The van der Waals surface area contributed by atoms with Crippen LogP contribution in [0.2, 0.25) is 5.02 Å². The number of hydrogen-bond acceptors (Lipinski definition) is 3. The molecule has 2 aromatic rings. The predicted molar refractivity (Wildman–Crippen MR) is 114 cm³/mol. The normalized spacial score (nSPS) is 14.5. The van der Waals surface area contributed by atoms with Gasteiger partial charge < -0.3 is 20.4 Å². The average molecular weight is 401 g/mol. The quantitative estimate of drug-likeness (QED) is 0.804. The Morgan fingerprint density at radius 2 is 1.71 bits per heavy atom. The molecule has 148 valence electrons. The molecule has 1 aliphatic heterocycles. The Bertz CT molecular complexity index is 834. The third-order valence-electron chi connectivity index (χ3n) is 4.88. The van der Waals surface area contributed by atoms with Crippen LogP contribution in [0.25, 0.3) is 0 Å². The zero-order valence-electron chi connectivity index (χ0n) is 16.1. The van der Waals surface area contributed by atoms with Crippen molar-refractivity contribution in [2.45, 2.75) is 12.8 Å². The fourth-order valence-corrected chi connectivity index (χ4v) is 3.47. The number of amides is 3. The van der Waals surface area contributed by atoms with E-state index in [0.717, 1.165) is 11.4 Å². The molecule has 3 rings (SSSR count). The van der Waals surface area contributed by atoms with Crippen LogP contribution in [-0.2, 0) is 4.79 Å². The molecule has 7 heteroatoms. The molecule has 0 radical (unpaired) electrons. The number of urea groups is 1. The Balaban J connectivity index is 1.56. The largest absolute Gasteiger partial charge is 0.376 e. The van der Waals surface area contributed by atoms with E-state index in [1.165, 1.54) is 0 Å². The number of nitrogens with one attached hydrogen (secondary N) is 2. The monoisotopic (exact) mass is 400 g/mol. The molecule has 0 atom stereocenters. The molecule has 2 aromatic carbocycles. The van der Waals surface area contributed by atoms with E-state index in [1.54, 1.807) is 17.0 Å². The lowest BCUT2D eigenvalue weighted by Gasteiger charge is -2.31. The molecule has 0 unspecified atom stereocenters. The number of likely N-dealkylation sites (tertiary alicyclic amines) is 1. The van der Waals surface area contributed by atoms with Crippen LogP contribution in [0.5, 0.6) is 0 Å². The van der Waals surface area contributed by atoms with Gasteiger partial charge in [-0.3, -0.25) is 4.79 Å². The molecule has 1 aliphatic rings. The smallest absolute Gasteiger partial charge is 0.321 e. The summed E-state index contributed by atoms with van der Waals surface area (Å²) in [5.41, 5.74) is 2.37. The zero-order valence-corrected chi connectivity index (χ0v) is 16.9. The van der Waals surface area contributed by atoms with Gasteiger partial charge in [0.25, 0.3) is 0 Å². The second-order valence-corrected chi connectivity index (χ2v) is 7.54. The highest BCUT2D eigenvalue weighted by Gasteiger charge is 2.28. The van der Waals surface area contributed by atoms with Crippen molar-refractivity contribution < 1.29 is 9.59 Å². The summed E-state index contributed by atoms with van der Waals surface area (Å²) < 4.78 is 0. The highest BCUT2D eigenvalue weighted by Crippen LogP contribution is 2.29. The second kappa shape index (κ2) is 8.97. The number of benzene rings is 2. The summed E-state index contributed by atoms with van der Waals surface area (Å²) in [7, 11) is 3.84. The molecule has 6 nitrogen and oxygen atoms in total. The summed E-state index contributed by atoms with van der Waals surface area (Å²) >= 11 is 6.09. The number of piperidine rings is 1. The Labute approximate surface area is 170 Å². The van der Waals surface area contributed by atoms with Crippen molar-refractivity contribution in [3.8, 4) is 0 Å². The third-order valence-corrected chi connectivity index (χ3v) is 5.11. The summed E-state index contributed by atoms with van der Waals surface area (Å²) in [5.74, 6) is -0.164. The van der Waals surface area contributed by atoms with Crippen LogP contribution in [0, 0.1) is 5.92 Å². The third kappa shape index (κ3) is 4.95. The minimum absolute atomic E-state index is 0.0338. The number of carbonyl (C=O) groups is 2. The van der Waals surface area contributed by atoms with Gasteiger partial charge in [-0.15, -0.1) is 0 Å². The molecule has 0 aromatic heterocycles. The SMILES string of the molecule is CN(C)c1ccc(Cl)cc1NC(=O)C1CCN(C(=O)Nc2ccccc2)CC1. The van der Waals surface area contributed by atoms with Gasteiger partial charge in [-0.05, 0) is 43.2 Å². The first-order valence-corrected chi connectivity index (χ1v) is 9.70. The van der Waals surface area contributed by atoms with E-state index in [9.17, 15) is 9.59 Å². The standard InChI is InChI=1S/C21H25ClN4O2/c1-25(2)19-9-8-16(22)14-18(19)24-20(27)15-10-12-26(13-11-15)21(28)23-17-6-4-3-5-7-17/h3-9,14-15H,10-13H2,1-2H3,(H,23,28)(H,24,27). The number of anilines is 3. The number of rotatable bonds is 4. The summed E-state index contributed by atoms with van der Waals surface area (Å²) in [6.07, 6.45) is 1.26. The van der Waals surface area contributed by atoms with E-state index < -0.39 is 0 Å². The lowest BCUT2D eigenvalue weighted by atomic mass is 9.96. The topological polar surface area (TPSA) is 64.7 Å². The first kappa shape index (κ1) is 20.0. The van der Waals surface area contributed by atoms with Gasteiger partial charge in [0.15, 0.2) is 0 Å². The van der Waals surface area contributed by atoms with Gasteiger partial charge in [0.05, 0.1) is 11.4 Å². The number of hydrogen-bond donors (Lipinski definition) is 2. The van der Waals surface area contributed by atoms with Crippen molar-refractivity contribution in [2.24, 2.45) is 5.92 Å². The summed E-state index contributed by atoms with van der Waals surface area (Å²) in [6.45, 7) is 1.10. The van der Waals surface area contributed by atoms with Crippen LogP contribution in [0.15, 0.2) is 48.5 Å². The Kier molecular flexibility index (Phi) is 6.41. The molecule has 28 heavy (non-hydrogen) atoms. The molecule has 3 amide bonds. The fourth-order valence-electron chi connectivity index (χ4n) is 3.30. The number of para-hydroxylation sites is 1. The molecule has 1 heterocycles. The Morgan fingerprint density at radius 3 is 2.36 bits per heavy atom. The molecule has 0 bridgehead atoms. The minimum Gasteiger partial charge on any atom is -0.376 e. The van der Waals surface area contributed by atoms with E-state index in [-0.39, 0.29) is 17.9 Å². The van der Waals surface area contributed by atoms with Crippen LogP contribution in [0.1, 0.15) is 12.8 Å². The fraction of sp³-hybridized carbons (Fsp3) is 0.333. The minimum atomic E-state index is -0.130. The van der Waals surface area contributed by atoms with Crippen molar-refractivity contribution in [3.63, 3.8) is 0 Å². The molecule has 1 fully saturated rings. The molecular weight excluding hydrogens is 376 g/mol. The van der Waals surface area contributed by atoms with E-state index in [4.69, 9.17) is 11.6 Å². The van der Waals surface area contributed by atoms with Gasteiger partial charge in [0.1, 0.15) is 0 Å². The Hall–Kier alpha value is -2.73. The average Bonchev–Trinajstić information content (AvgIpc) is 2.68. The number of nitrogens with zero attached hydrogens (tertiary/aromatic N) is 2. The van der Waals surface area contributed by atoms with Crippen molar-refractivity contribution >= 4 is 40.6 Å². The van der Waals surface area contributed by atoms with Gasteiger partial charge >= 0.3 is 6.03 Å². The van der Waals surface area contributed by atoms with Crippen molar-refractivity contribution in [1.82, 2.24) is 4.90 Å². The molecular formula is C21H25ClN4O2. The van der Waals surface area contributed by atoms with Crippen LogP contribution >= 0.6 is 11.6 Å². The first-order chi connectivity index (χ1) is 13.4. The van der Waals surface area contributed by atoms with Gasteiger partial charge in [-0.2, -0.15) is 0 Å². The van der Waals surface area contributed by atoms with E-state index in [2.05, 4.69) is 10.6 Å². The van der Waals surface area contributed by atoms with E-state index in [0.29, 0.717) is 36.6 Å². The van der Waals surface area contributed by atoms with Gasteiger partial charge in [0, 0.05) is 43.8 Å². The van der Waals surface area contributed by atoms with Crippen molar-refractivity contribution in [1.29, 1.82) is 0 Å². The molecule has 0 aliphatic carbocycles. The second-order valence-electron chi connectivity index (χ2n) is 7.10. The molecule has 2 N–H and O–H groups in total. The Morgan fingerprint density at radius 1 is 1.04 bits per heavy atom. The van der Waals surface area contributed by atoms with Crippen LogP contribution in [-0.4, -0.2) is 44.0 Å².